The second-order valence-electron chi connectivity index (χ2n) is 5.61. The van der Waals surface area contributed by atoms with Gasteiger partial charge in [0.15, 0.2) is 0 Å². The molecule has 102 valence electrons. The van der Waals surface area contributed by atoms with Crippen molar-refractivity contribution in [1.82, 2.24) is 5.32 Å². The first-order chi connectivity index (χ1) is 8.91. The Morgan fingerprint density at radius 3 is 2.53 bits per heavy atom. The minimum absolute atomic E-state index is 0.0287. The fourth-order valence-electron chi connectivity index (χ4n) is 2.28. The van der Waals surface area contributed by atoms with Crippen molar-refractivity contribution in [3.63, 3.8) is 0 Å². The van der Waals surface area contributed by atoms with Gasteiger partial charge in [-0.3, -0.25) is 9.59 Å². The van der Waals surface area contributed by atoms with E-state index in [9.17, 15) is 9.59 Å². The third kappa shape index (κ3) is 2.78. The van der Waals surface area contributed by atoms with Crippen LogP contribution in [-0.2, 0) is 22.4 Å². The third-order valence-corrected chi connectivity index (χ3v) is 3.78. The van der Waals surface area contributed by atoms with E-state index < -0.39 is 17.3 Å². The molecule has 0 bridgehead atoms. The van der Waals surface area contributed by atoms with Gasteiger partial charge in [-0.25, -0.2) is 0 Å². The molecule has 0 saturated carbocycles. The number of carboxylic acids is 1. The molecule has 1 atom stereocenters. The molecule has 1 aromatic rings. The topological polar surface area (TPSA) is 66.4 Å². The van der Waals surface area contributed by atoms with Crippen LogP contribution in [0.15, 0.2) is 24.3 Å². The molecular formula is C15H19NO3. The zero-order valence-corrected chi connectivity index (χ0v) is 11.3. The number of carboxylic acid groups (broad SMARTS) is 1. The van der Waals surface area contributed by atoms with Crippen LogP contribution in [0.5, 0.6) is 0 Å². The molecule has 1 unspecified atom stereocenters. The molecule has 0 radical (unpaired) electrons. The Bertz CT molecular complexity index is 508. The van der Waals surface area contributed by atoms with Crippen molar-refractivity contribution in [2.45, 2.75) is 39.2 Å². The fourth-order valence-corrected chi connectivity index (χ4v) is 2.28. The molecule has 1 aromatic carbocycles. The first-order valence-electron chi connectivity index (χ1n) is 6.52. The molecular weight excluding hydrogens is 242 g/mol. The van der Waals surface area contributed by atoms with Crippen molar-refractivity contribution in [3.8, 4) is 0 Å². The standard InChI is InChI=1S/C15H19NO3/c1-15(2,14(18)19)13(17)16-12-8-7-10-5-3-4-6-11(10)9-12/h3-6,12H,7-9H2,1-2H3,(H,16,17)(H,18,19). The van der Waals surface area contributed by atoms with Crippen LogP contribution in [-0.4, -0.2) is 23.0 Å². The lowest BCUT2D eigenvalue weighted by Gasteiger charge is -2.28. The number of hydrogen-bond acceptors (Lipinski definition) is 2. The summed E-state index contributed by atoms with van der Waals surface area (Å²) in [5.74, 6) is -1.51. The number of fused-ring (bicyclic) bond motifs is 1. The monoisotopic (exact) mass is 261 g/mol. The summed E-state index contributed by atoms with van der Waals surface area (Å²) in [6.07, 6.45) is 2.56. The van der Waals surface area contributed by atoms with Gasteiger partial charge in [0.1, 0.15) is 5.41 Å². The van der Waals surface area contributed by atoms with Gasteiger partial charge in [-0.1, -0.05) is 24.3 Å². The Hall–Kier alpha value is -1.84. The Labute approximate surface area is 112 Å². The van der Waals surface area contributed by atoms with E-state index in [1.807, 2.05) is 12.1 Å². The van der Waals surface area contributed by atoms with E-state index in [0.717, 1.165) is 19.3 Å². The van der Waals surface area contributed by atoms with E-state index in [2.05, 4.69) is 17.4 Å². The van der Waals surface area contributed by atoms with E-state index in [4.69, 9.17) is 5.11 Å². The predicted molar refractivity (Wildman–Crippen MR) is 71.8 cm³/mol. The first kappa shape index (κ1) is 13.6. The van der Waals surface area contributed by atoms with Gasteiger partial charge < -0.3 is 10.4 Å². The summed E-state index contributed by atoms with van der Waals surface area (Å²) in [5, 5.41) is 11.9. The fraction of sp³-hybridized carbons (Fsp3) is 0.467. The van der Waals surface area contributed by atoms with Gasteiger partial charge in [0, 0.05) is 6.04 Å². The maximum Gasteiger partial charge on any atom is 0.318 e. The summed E-state index contributed by atoms with van der Waals surface area (Å²) in [7, 11) is 0. The molecule has 19 heavy (non-hydrogen) atoms. The van der Waals surface area contributed by atoms with Gasteiger partial charge in [-0.05, 0) is 44.2 Å². The third-order valence-electron chi connectivity index (χ3n) is 3.78. The summed E-state index contributed by atoms with van der Waals surface area (Å²) in [6, 6.07) is 8.21. The molecule has 4 nitrogen and oxygen atoms in total. The van der Waals surface area contributed by atoms with Crippen LogP contribution < -0.4 is 5.32 Å². The summed E-state index contributed by atoms with van der Waals surface area (Å²) in [5.41, 5.74) is 1.19. The van der Waals surface area contributed by atoms with Crippen LogP contribution in [0.1, 0.15) is 31.4 Å². The summed E-state index contributed by atoms with van der Waals surface area (Å²) in [6.45, 7) is 2.86. The molecule has 1 aliphatic rings. The SMILES string of the molecule is CC(C)(C(=O)O)C(=O)NC1CCc2ccccc2C1. The molecule has 0 saturated heterocycles. The second kappa shape index (κ2) is 5.03. The summed E-state index contributed by atoms with van der Waals surface area (Å²) >= 11 is 0. The summed E-state index contributed by atoms with van der Waals surface area (Å²) in [4.78, 5) is 23.0. The van der Waals surface area contributed by atoms with E-state index in [1.54, 1.807) is 0 Å². The Balaban J connectivity index is 2.03. The lowest BCUT2D eigenvalue weighted by atomic mass is 9.86. The zero-order valence-electron chi connectivity index (χ0n) is 11.3. The highest BCUT2D eigenvalue weighted by molar-refractivity contribution is 6.01. The average molecular weight is 261 g/mol. The number of nitrogens with one attached hydrogen (secondary N) is 1. The van der Waals surface area contributed by atoms with Crippen molar-refractivity contribution >= 4 is 11.9 Å². The number of aryl methyl sites for hydroxylation is 1. The molecule has 0 fully saturated rings. The largest absolute Gasteiger partial charge is 0.480 e. The quantitative estimate of drug-likeness (QED) is 0.815. The zero-order chi connectivity index (χ0) is 14.0. The highest BCUT2D eigenvalue weighted by Gasteiger charge is 2.37. The van der Waals surface area contributed by atoms with Gasteiger partial charge in [0.05, 0.1) is 0 Å². The molecule has 0 heterocycles. The van der Waals surface area contributed by atoms with Crippen molar-refractivity contribution in [2.75, 3.05) is 0 Å². The van der Waals surface area contributed by atoms with Gasteiger partial charge in [0.25, 0.3) is 0 Å². The predicted octanol–water partition coefficient (Wildman–Crippen LogP) is 1.77. The van der Waals surface area contributed by atoms with Gasteiger partial charge in [0.2, 0.25) is 5.91 Å². The van der Waals surface area contributed by atoms with Crippen molar-refractivity contribution in [2.24, 2.45) is 5.41 Å². The highest BCUT2D eigenvalue weighted by Crippen LogP contribution is 2.22. The number of amides is 1. The average Bonchev–Trinajstić information content (AvgIpc) is 2.38. The lowest BCUT2D eigenvalue weighted by molar-refractivity contribution is -0.153. The number of hydrogen-bond donors (Lipinski definition) is 2. The second-order valence-corrected chi connectivity index (χ2v) is 5.61. The Kier molecular flexibility index (Phi) is 3.60. The van der Waals surface area contributed by atoms with E-state index >= 15 is 0 Å². The number of aliphatic carboxylic acids is 1. The molecule has 2 rings (SSSR count). The molecule has 1 amide bonds. The molecule has 0 spiro atoms. The van der Waals surface area contributed by atoms with Crippen molar-refractivity contribution < 1.29 is 14.7 Å². The molecule has 4 heteroatoms. The van der Waals surface area contributed by atoms with Gasteiger partial charge >= 0.3 is 5.97 Å². The molecule has 0 aliphatic heterocycles. The van der Waals surface area contributed by atoms with Gasteiger partial charge in [-0.15, -0.1) is 0 Å². The van der Waals surface area contributed by atoms with Crippen LogP contribution >= 0.6 is 0 Å². The number of benzene rings is 1. The molecule has 0 aromatic heterocycles. The smallest absolute Gasteiger partial charge is 0.318 e. The minimum Gasteiger partial charge on any atom is -0.480 e. The minimum atomic E-state index is -1.38. The lowest BCUT2D eigenvalue weighted by Crippen LogP contribution is -2.48. The normalized spacial score (nSPS) is 18.5. The Morgan fingerprint density at radius 1 is 1.26 bits per heavy atom. The van der Waals surface area contributed by atoms with Crippen molar-refractivity contribution in [3.05, 3.63) is 35.4 Å². The van der Waals surface area contributed by atoms with E-state index in [0.29, 0.717) is 0 Å². The maximum atomic E-state index is 12.0. The number of rotatable bonds is 3. The van der Waals surface area contributed by atoms with Crippen LogP contribution in [0, 0.1) is 5.41 Å². The van der Waals surface area contributed by atoms with Crippen molar-refractivity contribution in [1.29, 1.82) is 0 Å². The molecule has 2 N–H and O–H groups in total. The highest BCUT2D eigenvalue weighted by atomic mass is 16.4. The van der Waals surface area contributed by atoms with Crippen LogP contribution in [0.4, 0.5) is 0 Å². The number of carbonyl (C=O) groups excluding carboxylic acids is 1. The first-order valence-corrected chi connectivity index (χ1v) is 6.52. The van der Waals surface area contributed by atoms with Crippen LogP contribution in [0.25, 0.3) is 0 Å². The van der Waals surface area contributed by atoms with E-state index in [-0.39, 0.29) is 6.04 Å². The Morgan fingerprint density at radius 2 is 1.89 bits per heavy atom. The van der Waals surface area contributed by atoms with E-state index in [1.165, 1.54) is 25.0 Å². The summed E-state index contributed by atoms with van der Waals surface area (Å²) < 4.78 is 0. The number of carbonyl (C=O) groups is 2. The maximum absolute atomic E-state index is 12.0. The van der Waals surface area contributed by atoms with Crippen LogP contribution in [0.3, 0.4) is 0 Å². The van der Waals surface area contributed by atoms with Gasteiger partial charge in [-0.2, -0.15) is 0 Å². The van der Waals surface area contributed by atoms with Crippen LogP contribution in [0.2, 0.25) is 0 Å². The molecule has 1 aliphatic carbocycles.